The molecular weight excluding hydrogens is 454 g/mol. The lowest BCUT2D eigenvalue weighted by atomic mass is 9.87. The number of hydrogen-bond donors (Lipinski definition) is 1. The van der Waals surface area contributed by atoms with E-state index in [-0.39, 0.29) is 11.0 Å². The monoisotopic (exact) mass is 485 g/mol. The second-order valence-corrected chi connectivity index (χ2v) is 9.84. The van der Waals surface area contributed by atoms with Crippen LogP contribution >= 0.6 is 0 Å². The van der Waals surface area contributed by atoms with Gasteiger partial charge in [0.15, 0.2) is 0 Å². The highest BCUT2D eigenvalue weighted by Crippen LogP contribution is 2.28. The molecule has 36 heavy (non-hydrogen) atoms. The molecule has 0 unspecified atom stereocenters. The van der Waals surface area contributed by atoms with Crippen molar-refractivity contribution < 1.29 is 19.1 Å². The molecule has 0 spiro atoms. The van der Waals surface area contributed by atoms with Crippen molar-refractivity contribution in [3.05, 3.63) is 82.7 Å². The zero-order chi connectivity index (χ0) is 26.2. The molecule has 1 fully saturated rings. The average molecular weight is 486 g/mol. The largest absolute Gasteiger partial charge is 0.494 e. The highest BCUT2D eigenvalue weighted by atomic mass is 16.5. The van der Waals surface area contributed by atoms with Gasteiger partial charge >= 0.3 is 6.03 Å². The number of nitrogens with one attached hydrogen (secondary N) is 1. The third kappa shape index (κ3) is 4.69. The second kappa shape index (κ2) is 9.49. The van der Waals surface area contributed by atoms with E-state index in [4.69, 9.17) is 4.74 Å². The predicted molar refractivity (Wildman–Crippen MR) is 141 cm³/mol. The van der Waals surface area contributed by atoms with E-state index < -0.39 is 17.8 Å². The van der Waals surface area contributed by atoms with Crippen molar-refractivity contribution in [1.82, 2.24) is 9.88 Å². The van der Waals surface area contributed by atoms with Crippen LogP contribution in [0.5, 0.6) is 5.75 Å². The summed E-state index contributed by atoms with van der Waals surface area (Å²) in [5, 5.41) is 2.28. The lowest BCUT2D eigenvalue weighted by Gasteiger charge is -2.26. The Kier molecular flexibility index (Phi) is 6.59. The van der Waals surface area contributed by atoms with Gasteiger partial charge < -0.3 is 9.30 Å². The van der Waals surface area contributed by atoms with E-state index in [0.717, 1.165) is 27.5 Å². The molecule has 7 nitrogen and oxygen atoms in total. The number of anilines is 1. The van der Waals surface area contributed by atoms with Crippen LogP contribution in [0.3, 0.4) is 0 Å². The smallest absolute Gasteiger partial charge is 0.335 e. The average Bonchev–Trinajstić information content (AvgIpc) is 3.10. The summed E-state index contributed by atoms with van der Waals surface area (Å²) in [6, 6.07) is 16.1. The summed E-state index contributed by atoms with van der Waals surface area (Å²) in [5.41, 5.74) is 5.10. The first-order chi connectivity index (χ1) is 17.0. The van der Waals surface area contributed by atoms with E-state index >= 15 is 0 Å². The molecule has 2 aromatic carbocycles. The summed E-state index contributed by atoms with van der Waals surface area (Å²) in [6.45, 7) is 12.8. The Morgan fingerprint density at radius 1 is 0.917 bits per heavy atom. The minimum atomic E-state index is -0.782. The lowest BCUT2D eigenvalue weighted by molar-refractivity contribution is -0.122. The van der Waals surface area contributed by atoms with Gasteiger partial charge in [0.1, 0.15) is 11.3 Å². The molecule has 0 aliphatic carbocycles. The number of rotatable bonds is 5. The molecular formula is C29H31N3O4. The van der Waals surface area contributed by atoms with Crippen LogP contribution in [-0.4, -0.2) is 29.0 Å². The molecule has 1 aromatic heterocycles. The van der Waals surface area contributed by atoms with Crippen LogP contribution in [0.25, 0.3) is 11.8 Å². The summed E-state index contributed by atoms with van der Waals surface area (Å²) >= 11 is 0. The van der Waals surface area contributed by atoms with Crippen LogP contribution in [0, 0.1) is 13.8 Å². The standard InChI is InChI=1S/C29H31N3O4/c1-7-36-24-14-12-23(13-15-24)32-27(34)25(26(33)30-28(32)35)17-20-16-18(2)31(19(20)3)22-10-8-21(9-11-22)29(4,5)6/h8-17H,7H2,1-6H3,(H,30,33,35)/b25-17+. The lowest BCUT2D eigenvalue weighted by Crippen LogP contribution is -2.54. The van der Waals surface area contributed by atoms with E-state index in [0.29, 0.717) is 18.0 Å². The van der Waals surface area contributed by atoms with Gasteiger partial charge in [0.2, 0.25) is 0 Å². The van der Waals surface area contributed by atoms with E-state index in [2.05, 4.69) is 54.9 Å². The maximum atomic E-state index is 13.3. The number of carbonyl (C=O) groups is 3. The van der Waals surface area contributed by atoms with Crippen molar-refractivity contribution in [3.8, 4) is 11.4 Å². The molecule has 1 aliphatic rings. The van der Waals surface area contributed by atoms with Gasteiger partial charge in [0.25, 0.3) is 11.8 Å². The van der Waals surface area contributed by atoms with E-state index in [1.165, 1.54) is 5.56 Å². The number of aromatic nitrogens is 1. The summed E-state index contributed by atoms with van der Waals surface area (Å²) in [6.07, 6.45) is 1.55. The van der Waals surface area contributed by atoms with Crippen LogP contribution < -0.4 is 15.0 Å². The van der Waals surface area contributed by atoms with Gasteiger partial charge in [-0.1, -0.05) is 32.9 Å². The Balaban J connectivity index is 1.69. The molecule has 0 saturated carbocycles. The molecule has 1 N–H and O–H groups in total. The van der Waals surface area contributed by atoms with E-state index in [1.807, 2.05) is 26.8 Å². The Labute approximate surface area is 211 Å². The topological polar surface area (TPSA) is 80.6 Å². The number of urea groups is 1. The zero-order valence-electron chi connectivity index (χ0n) is 21.5. The maximum absolute atomic E-state index is 13.3. The quantitative estimate of drug-likeness (QED) is 0.385. The molecule has 2 heterocycles. The summed E-state index contributed by atoms with van der Waals surface area (Å²) in [5.74, 6) is -0.764. The Morgan fingerprint density at radius 2 is 1.53 bits per heavy atom. The highest BCUT2D eigenvalue weighted by Gasteiger charge is 2.37. The van der Waals surface area contributed by atoms with Crippen molar-refractivity contribution >= 4 is 29.6 Å². The van der Waals surface area contributed by atoms with E-state index in [1.54, 1.807) is 30.3 Å². The van der Waals surface area contributed by atoms with Crippen molar-refractivity contribution in [3.63, 3.8) is 0 Å². The molecule has 1 aliphatic heterocycles. The van der Waals surface area contributed by atoms with Crippen LogP contribution in [0.1, 0.15) is 50.2 Å². The normalized spacial score (nSPS) is 15.4. The van der Waals surface area contributed by atoms with Crippen molar-refractivity contribution in [2.24, 2.45) is 0 Å². The Bertz CT molecular complexity index is 1360. The molecule has 0 atom stereocenters. The third-order valence-corrected chi connectivity index (χ3v) is 6.27. The fraction of sp³-hybridized carbons (Fsp3) is 0.276. The first-order valence-electron chi connectivity index (χ1n) is 12.0. The Hall–Kier alpha value is -4.13. The number of imide groups is 2. The van der Waals surface area contributed by atoms with Gasteiger partial charge in [0.05, 0.1) is 12.3 Å². The van der Waals surface area contributed by atoms with Crippen molar-refractivity contribution in [1.29, 1.82) is 0 Å². The maximum Gasteiger partial charge on any atom is 0.335 e. The number of nitrogens with zero attached hydrogens (tertiary/aromatic N) is 2. The van der Waals surface area contributed by atoms with Gasteiger partial charge in [0, 0.05) is 17.1 Å². The first-order valence-corrected chi connectivity index (χ1v) is 12.0. The number of barbiturate groups is 1. The number of hydrogen-bond acceptors (Lipinski definition) is 4. The van der Waals surface area contributed by atoms with Gasteiger partial charge in [-0.05, 0) is 85.9 Å². The Morgan fingerprint density at radius 3 is 2.11 bits per heavy atom. The minimum absolute atomic E-state index is 0.0518. The van der Waals surface area contributed by atoms with Gasteiger partial charge in [-0.15, -0.1) is 0 Å². The number of benzene rings is 2. The molecule has 4 amide bonds. The van der Waals surface area contributed by atoms with Crippen molar-refractivity contribution in [2.75, 3.05) is 11.5 Å². The molecule has 3 aromatic rings. The molecule has 0 bridgehead atoms. The first kappa shape index (κ1) is 25.0. The number of ether oxygens (including phenoxy) is 1. The number of carbonyl (C=O) groups excluding carboxylic acids is 3. The van der Waals surface area contributed by atoms with Crippen LogP contribution in [0.4, 0.5) is 10.5 Å². The second-order valence-electron chi connectivity index (χ2n) is 9.84. The minimum Gasteiger partial charge on any atom is -0.494 e. The van der Waals surface area contributed by atoms with Gasteiger partial charge in [-0.3, -0.25) is 14.9 Å². The van der Waals surface area contributed by atoms with Gasteiger partial charge in [-0.2, -0.15) is 0 Å². The third-order valence-electron chi connectivity index (χ3n) is 6.27. The summed E-state index contributed by atoms with van der Waals surface area (Å²) < 4.78 is 7.52. The molecule has 0 radical (unpaired) electrons. The summed E-state index contributed by atoms with van der Waals surface area (Å²) in [7, 11) is 0. The summed E-state index contributed by atoms with van der Waals surface area (Å²) in [4.78, 5) is 39.5. The van der Waals surface area contributed by atoms with Crippen LogP contribution in [0.2, 0.25) is 0 Å². The number of amides is 4. The van der Waals surface area contributed by atoms with Crippen molar-refractivity contribution in [2.45, 2.75) is 47.0 Å². The molecule has 7 heteroatoms. The molecule has 186 valence electrons. The number of aryl methyl sites for hydroxylation is 1. The van der Waals surface area contributed by atoms with E-state index in [9.17, 15) is 14.4 Å². The zero-order valence-corrected chi connectivity index (χ0v) is 21.5. The fourth-order valence-electron chi connectivity index (χ4n) is 4.35. The predicted octanol–water partition coefficient (Wildman–Crippen LogP) is 5.46. The molecule has 1 saturated heterocycles. The fourth-order valence-corrected chi connectivity index (χ4v) is 4.35. The van der Waals surface area contributed by atoms with Crippen LogP contribution in [-0.2, 0) is 15.0 Å². The highest BCUT2D eigenvalue weighted by molar-refractivity contribution is 6.39. The van der Waals surface area contributed by atoms with Gasteiger partial charge in [-0.25, -0.2) is 9.69 Å². The molecule has 4 rings (SSSR count). The SMILES string of the molecule is CCOc1ccc(N2C(=O)NC(=O)/C(=C\c3cc(C)n(-c4ccc(C(C)(C)C)cc4)c3C)C2=O)cc1. The van der Waals surface area contributed by atoms with Crippen LogP contribution in [0.15, 0.2) is 60.2 Å².